The molecule has 0 amide bonds. The number of anilines is 1. The highest BCUT2D eigenvalue weighted by Gasteiger charge is 2.06. The van der Waals surface area contributed by atoms with Crippen LogP contribution >= 0.6 is 11.3 Å². The fraction of sp³-hybridized carbons (Fsp3) is 0.214. The number of nitrogens with one attached hydrogen (secondary N) is 1. The molecular weight excluding hydrogens is 272 g/mol. The zero-order valence-corrected chi connectivity index (χ0v) is 11.9. The first kappa shape index (κ1) is 12.8. The molecule has 1 aromatic carbocycles. The van der Waals surface area contributed by atoms with E-state index in [1.165, 1.54) is 11.3 Å². The Morgan fingerprint density at radius 2 is 2.10 bits per heavy atom. The van der Waals surface area contributed by atoms with Gasteiger partial charge in [0.15, 0.2) is 5.43 Å². The number of benzene rings is 1. The molecule has 6 heteroatoms. The van der Waals surface area contributed by atoms with Gasteiger partial charge in [0.05, 0.1) is 12.1 Å². The van der Waals surface area contributed by atoms with E-state index >= 15 is 0 Å². The maximum Gasteiger partial charge on any atom is 0.205 e. The number of para-hydroxylation sites is 1. The van der Waals surface area contributed by atoms with Crippen molar-refractivity contribution in [3.8, 4) is 0 Å². The number of hydrogen-bond acceptors (Lipinski definition) is 5. The van der Waals surface area contributed by atoms with Gasteiger partial charge in [0, 0.05) is 24.2 Å². The van der Waals surface area contributed by atoms with Gasteiger partial charge in [-0.05, 0) is 19.1 Å². The summed E-state index contributed by atoms with van der Waals surface area (Å²) in [7, 11) is 0. The molecule has 20 heavy (non-hydrogen) atoms. The quantitative estimate of drug-likeness (QED) is 0.799. The molecule has 0 fully saturated rings. The fourth-order valence-electron chi connectivity index (χ4n) is 2.08. The summed E-state index contributed by atoms with van der Waals surface area (Å²) >= 11 is 1.53. The Balaban J connectivity index is 1.98. The molecule has 2 heterocycles. The number of nitrogens with zero attached hydrogens (tertiary/aromatic N) is 3. The molecule has 102 valence electrons. The van der Waals surface area contributed by atoms with Gasteiger partial charge in [-0.15, -0.1) is 10.2 Å². The van der Waals surface area contributed by atoms with Crippen molar-refractivity contribution in [1.29, 1.82) is 0 Å². The van der Waals surface area contributed by atoms with Crippen LogP contribution in [-0.2, 0) is 6.54 Å². The average Bonchev–Trinajstić information content (AvgIpc) is 2.90. The van der Waals surface area contributed by atoms with Crippen molar-refractivity contribution in [3.63, 3.8) is 0 Å². The van der Waals surface area contributed by atoms with Gasteiger partial charge in [-0.25, -0.2) is 0 Å². The SMILES string of the molecule is CCNc1nnc(Cn2ccc(=O)c3ccccc32)s1. The molecule has 0 saturated carbocycles. The minimum atomic E-state index is 0.0439. The highest BCUT2D eigenvalue weighted by atomic mass is 32.1. The van der Waals surface area contributed by atoms with Gasteiger partial charge in [-0.1, -0.05) is 23.5 Å². The second kappa shape index (κ2) is 5.42. The van der Waals surface area contributed by atoms with Gasteiger partial charge >= 0.3 is 0 Å². The van der Waals surface area contributed by atoms with Gasteiger partial charge in [-0.2, -0.15) is 0 Å². The first-order valence-electron chi connectivity index (χ1n) is 6.42. The predicted octanol–water partition coefficient (Wildman–Crippen LogP) is 2.33. The summed E-state index contributed by atoms with van der Waals surface area (Å²) in [5.74, 6) is 0. The Kier molecular flexibility index (Phi) is 3.47. The van der Waals surface area contributed by atoms with Gasteiger partial charge < -0.3 is 9.88 Å². The van der Waals surface area contributed by atoms with Crippen molar-refractivity contribution in [1.82, 2.24) is 14.8 Å². The van der Waals surface area contributed by atoms with Crippen molar-refractivity contribution in [2.24, 2.45) is 0 Å². The average molecular weight is 286 g/mol. The van der Waals surface area contributed by atoms with Crippen molar-refractivity contribution in [2.75, 3.05) is 11.9 Å². The van der Waals surface area contributed by atoms with Crippen LogP contribution in [0.1, 0.15) is 11.9 Å². The third kappa shape index (κ3) is 2.42. The van der Waals surface area contributed by atoms with Crippen LogP contribution in [0.3, 0.4) is 0 Å². The van der Waals surface area contributed by atoms with E-state index in [1.807, 2.05) is 35.8 Å². The lowest BCUT2D eigenvalue weighted by atomic mass is 10.2. The zero-order chi connectivity index (χ0) is 13.9. The molecule has 2 aromatic heterocycles. The van der Waals surface area contributed by atoms with Crippen molar-refractivity contribution in [3.05, 3.63) is 51.8 Å². The summed E-state index contributed by atoms with van der Waals surface area (Å²) in [6.45, 7) is 3.47. The zero-order valence-electron chi connectivity index (χ0n) is 11.0. The molecule has 1 N–H and O–H groups in total. The van der Waals surface area contributed by atoms with Crippen LogP contribution in [0.2, 0.25) is 0 Å². The normalized spacial score (nSPS) is 10.8. The van der Waals surface area contributed by atoms with Crippen molar-refractivity contribution < 1.29 is 0 Å². The van der Waals surface area contributed by atoms with E-state index in [9.17, 15) is 4.79 Å². The Labute approximate surface area is 119 Å². The molecule has 0 unspecified atom stereocenters. The van der Waals surface area contributed by atoms with E-state index in [4.69, 9.17) is 0 Å². The first-order chi connectivity index (χ1) is 9.78. The maximum atomic E-state index is 11.8. The molecule has 0 aliphatic carbocycles. The van der Waals surface area contributed by atoms with Gasteiger partial charge in [0.1, 0.15) is 5.01 Å². The molecule has 3 aromatic rings. The van der Waals surface area contributed by atoms with Crippen molar-refractivity contribution >= 4 is 27.4 Å². The molecule has 5 nitrogen and oxygen atoms in total. The summed E-state index contributed by atoms with van der Waals surface area (Å²) in [5.41, 5.74) is 0.961. The van der Waals surface area contributed by atoms with E-state index in [-0.39, 0.29) is 5.43 Å². The number of pyridine rings is 1. The Bertz CT molecular complexity index is 793. The molecule has 0 aliphatic rings. The van der Waals surface area contributed by atoms with Gasteiger partial charge in [-0.3, -0.25) is 4.79 Å². The summed E-state index contributed by atoms with van der Waals surface area (Å²) in [4.78, 5) is 11.8. The minimum absolute atomic E-state index is 0.0439. The van der Waals surface area contributed by atoms with E-state index in [2.05, 4.69) is 15.5 Å². The van der Waals surface area contributed by atoms with Crippen LogP contribution in [0, 0.1) is 0 Å². The third-order valence-electron chi connectivity index (χ3n) is 2.99. The Morgan fingerprint density at radius 3 is 2.95 bits per heavy atom. The number of rotatable bonds is 4. The molecule has 0 bridgehead atoms. The lowest BCUT2D eigenvalue weighted by molar-refractivity contribution is 0.801. The van der Waals surface area contributed by atoms with Gasteiger partial charge in [0.2, 0.25) is 5.13 Å². The number of hydrogen-bond donors (Lipinski definition) is 1. The van der Waals surface area contributed by atoms with E-state index < -0.39 is 0 Å². The molecule has 0 spiro atoms. The Morgan fingerprint density at radius 1 is 1.25 bits per heavy atom. The molecule has 0 saturated heterocycles. The van der Waals surface area contributed by atoms with Gasteiger partial charge in [0.25, 0.3) is 0 Å². The second-order valence-electron chi connectivity index (χ2n) is 4.36. The Hall–Kier alpha value is -2.21. The third-order valence-corrected chi connectivity index (χ3v) is 3.85. The van der Waals surface area contributed by atoms with E-state index in [0.29, 0.717) is 6.54 Å². The van der Waals surface area contributed by atoms with Crippen LogP contribution in [0.15, 0.2) is 41.3 Å². The van der Waals surface area contributed by atoms with E-state index in [0.717, 1.165) is 27.6 Å². The molecular formula is C14H14N4OS. The largest absolute Gasteiger partial charge is 0.360 e. The van der Waals surface area contributed by atoms with Crippen LogP contribution in [0.4, 0.5) is 5.13 Å². The molecule has 3 rings (SSSR count). The smallest absolute Gasteiger partial charge is 0.205 e. The minimum Gasteiger partial charge on any atom is -0.360 e. The van der Waals surface area contributed by atoms with Crippen LogP contribution in [0.5, 0.6) is 0 Å². The standard InChI is InChI=1S/C14H14N4OS/c1-2-15-14-17-16-13(20-14)9-18-8-7-12(19)10-5-3-4-6-11(10)18/h3-8H,2,9H2,1H3,(H,15,17). The molecule has 0 aliphatic heterocycles. The topological polar surface area (TPSA) is 59.8 Å². The maximum absolute atomic E-state index is 11.8. The van der Waals surface area contributed by atoms with Crippen LogP contribution < -0.4 is 10.7 Å². The monoisotopic (exact) mass is 286 g/mol. The highest BCUT2D eigenvalue weighted by molar-refractivity contribution is 7.15. The fourth-order valence-corrected chi connectivity index (χ4v) is 2.89. The summed E-state index contributed by atoms with van der Waals surface area (Å²) in [5, 5.41) is 13.9. The molecule has 0 atom stereocenters. The number of aromatic nitrogens is 3. The summed E-state index contributed by atoms with van der Waals surface area (Å²) in [6.07, 6.45) is 1.80. The summed E-state index contributed by atoms with van der Waals surface area (Å²) in [6, 6.07) is 9.20. The highest BCUT2D eigenvalue weighted by Crippen LogP contribution is 2.18. The first-order valence-corrected chi connectivity index (χ1v) is 7.24. The van der Waals surface area contributed by atoms with E-state index in [1.54, 1.807) is 12.3 Å². The number of fused-ring (bicyclic) bond motifs is 1. The second-order valence-corrected chi connectivity index (χ2v) is 5.42. The van der Waals surface area contributed by atoms with Crippen LogP contribution in [-0.4, -0.2) is 21.3 Å². The lowest BCUT2D eigenvalue weighted by Gasteiger charge is -2.08. The van der Waals surface area contributed by atoms with Crippen LogP contribution in [0.25, 0.3) is 10.9 Å². The van der Waals surface area contributed by atoms with Crippen molar-refractivity contribution in [2.45, 2.75) is 13.5 Å². The predicted molar refractivity (Wildman–Crippen MR) is 81.4 cm³/mol. The molecule has 0 radical (unpaired) electrons. The lowest BCUT2D eigenvalue weighted by Crippen LogP contribution is -2.08. The summed E-state index contributed by atoms with van der Waals surface area (Å²) < 4.78 is 2.02.